The van der Waals surface area contributed by atoms with Crippen LogP contribution in [0, 0.1) is 0 Å². The van der Waals surface area contributed by atoms with Crippen molar-refractivity contribution in [3.8, 4) is 0 Å². The van der Waals surface area contributed by atoms with Gasteiger partial charge in [0.2, 0.25) is 10.0 Å². The summed E-state index contributed by atoms with van der Waals surface area (Å²) in [6.45, 7) is 0.237. The molecule has 1 heterocycles. The molecule has 0 aliphatic carbocycles. The first-order valence-electron chi connectivity index (χ1n) is 5.39. The number of pyridine rings is 1. The molecule has 19 heavy (non-hydrogen) atoms. The number of amides is 2. The minimum absolute atomic E-state index is 0.0626. The molecule has 0 fully saturated rings. The molecule has 1 aromatic rings. The van der Waals surface area contributed by atoms with Crippen LogP contribution in [0.1, 0.15) is 0 Å². The summed E-state index contributed by atoms with van der Waals surface area (Å²) >= 11 is 5.78. The normalized spacial score (nSPS) is 11.1. The van der Waals surface area contributed by atoms with E-state index in [2.05, 4.69) is 15.0 Å². The summed E-state index contributed by atoms with van der Waals surface area (Å²) in [4.78, 5) is 16.2. The number of sulfonamides is 1. The molecule has 0 saturated heterocycles. The predicted octanol–water partition coefficient (Wildman–Crippen LogP) is 0.285. The molecular formula is C10H15ClN4O3S. The Labute approximate surface area is 117 Å². The van der Waals surface area contributed by atoms with Gasteiger partial charge in [0, 0.05) is 39.6 Å². The van der Waals surface area contributed by atoms with Crippen LogP contribution in [-0.2, 0) is 10.0 Å². The van der Waals surface area contributed by atoms with Crippen LogP contribution in [0.5, 0.6) is 0 Å². The quantitative estimate of drug-likeness (QED) is 0.765. The van der Waals surface area contributed by atoms with Gasteiger partial charge in [-0.05, 0) is 6.07 Å². The second kappa shape index (κ2) is 6.69. The number of aromatic nitrogens is 1. The average molecular weight is 307 g/mol. The summed E-state index contributed by atoms with van der Waals surface area (Å²) in [6, 6.07) is 1.10. The molecule has 1 rings (SSSR count). The molecule has 2 N–H and O–H groups in total. The lowest BCUT2D eigenvalue weighted by Gasteiger charge is -2.12. The fourth-order valence-electron chi connectivity index (χ4n) is 1.15. The maximum Gasteiger partial charge on any atom is 0.316 e. The van der Waals surface area contributed by atoms with Crippen molar-refractivity contribution < 1.29 is 13.2 Å². The molecule has 0 bridgehead atoms. The number of carbonyl (C=O) groups excluding carboxylic acids is 1. The molecule has 0 radical (unpaired) electrons. The molecule has 0 aliphatic rings. The summed E-state index contributed by atoms with van der Waals surface area (Å²) in [5.74, 6) is 0. The molecule has 2 amide bonds. The van der Waals surface area contributed by atoms with E-state index in [4.69, 9.17) is 11.6 Å². The third-order valence-electron chi connectivity index (χ3n) is 2.12. The minimum atomic E-state index is -3.72. The molecule has 106 valence electrons. The standard InChI is InChI=1S/C10H15ClN4O3S/c1-15(2)10(16)13-5-6-14-19(17,18)9-7-12-4-3-8(9)11/h3-4,7,14H,5-6H2,1-2H3,(H,13,16). The van der Waals surface area contributed by atoms with E-state index in [1.165, 1.54) is 23.4 Å². The van der Waals surface area contributed by atoms with Gasteiger partial charge in [0.05, 0.1) is 5.02 Å². The topological polar surface area (TPSA) is 91.4 Å². The predicted molar refractivity (Wildman–Crippen MR) is 71.5 cm³/mol. The van der Waals surface area contributed by atoms with Crippen molar-refractivity contribution in [1.82, 2.24) is 19.9 Å². The maximum absolute atomic E-state index is 11.9. The number of halogens is 1. The zero-order valence-electron chi connectivity index (χ0n) is 10.6. The van der Waals surface area contributed by atoms with Crippen molar-refractivity contribution in [2.45, 2.75) is 4.90 Å². The van der Waals surface area contributed by atoms with Gasteiger partial charge in [-0.2, -0.15) is 0 Å². The van der Waals surface area contributed by atoms with Crippen molar-refractivity contribution in [3.05, 3.63) is 23.5 Å². The van der Waals surface area contributed by atoms with Gasteiger partial charge >= 0.3 is 6.03 Å². The van der Waals surface area contributed by atoms with Crippen molar-refractivity contribution in [2.24, 2.45) is 0 Å². The molecule has 0 unspecified atom stereocenters. The molecule has 7 nitrogen and oxygen atoms in total. The first kappa shape index (κ1) is 15.7. The van der Waals surface area contributed by atoms with E-state index in [0.717, 1.165) is 0 Å². The lowest BCUT2D eigenvalue weighted by Crippen LogP contribution is -2.39. The summed E-state index contributed by atoms with van der Waals surface area (Å²) in [7, 11) is -0.534. The molecule has 0 saturated carbocycles. The highest BCUT2D eigenvalue weighted by Gasteiger charge is 2.17. The summed E-state index contributed by atoms with van der Waals surface area (Å²) < 4.78 is 26.1. The van der Waals surface area contributed by atoms with Crippen LogP contribution in [-0.4, -0.2) is 51.5 Å². The van der Waals surface area contributed by atoms with Gasteiger partial charge in [-0.25, -0.2) is 17.9 Å². The number of hydrogen-bond donors (Lipinski definition) is 2. The fraction of sp³-hybridized carbons (Fsp3) is 0.400. The van der Waals surface area contributed by atoms with Crippen LogP contribution in [0.2, 0.25) is 5.02 Å². The molecule has 0 spiro atoms. The molecule has 1 aromatic heterocycles. The number of nitrogens with zero attached hydrogens (tertiary/aromatic N) is 2. The van der Waals surface area contributed by atoms with E-state index < -0.39 is 10.0 Å². The first-order chi connectivity index (χ1) is 8.84. The second-order valence-corrected chi connectivity index (χ2v) is 5.97. The highest BCUT2D eigenvalue weighted by molar-refractivity contribution is 7.89. The molecule has 9 heteroatoms. The van der Waals surface area contributed by atoms with Gasteiger partial charge in [0.15, 0.2) is 0 Å². The number of rotatable bonds is 5. The smallest absolute Gasteiger partial charge is 0.316 e. The van der Waals surface area contributed by atoms with Gasteiger partial charge in [-0.15, -0.1) is 0 Å². The van der Waals surface area contributed by atoms with Gasteiger partial charge in [0.1, 0.15) is 4.90 Å². The lowest BCUT2D eigenvalue weighted by molar-refractivity contribution is 0.217. The van der Waals surface area contributed by atoms with E-state index in [-0.39, 0.29) is 29.0 Å². The summed E-state index contributed by atoms with van der Waals surface area (Å²) in [6.07, 6.45) is 2.57. The van der Waals surface area contributed by atoms with Gasteiger partial charge in [-0.1, -0.05) is 11.6 Å². The van der Waals surface area contributed by atoms with E-state index in [1.54, 1.807) is 14.1 Å². The van der Waals surface area contributed by atoms with E-state index >= 15 is 0 Å². The Balaban J connectivity index is 2.53. The maximum atomic E-state index is 11.9. The average Bonchev–Trinajstić information content (AvgIpc) is 2.34. The van der Waals surface area contributed by atoms with E-state index in [0.29, 0.717) is 0 Å². The molecule has 0 aliphatic heterocycles. The number of carbonyl (C=O) groups is 1. The number of nitrogens with one attached hydrogen (secondary N) is 2. The monoisotopic (exact) mass is 306 g/mol. The van der Waals surface area contributed by atoms with Crippen LogP contribution < -0.4 is 10.0 Å². The molecule has 0 aromatic carbocycles. The van der Waals surface area contributed by atoms with E-state index in [1.807, 2.05) is 0 Å². The zero-order valence-corrected chi connectivity index (χ0v) is 12.1. The second-order valence-electron chi connectivity index (χ2n) is 3.83. The van der Waals surface area contributed by atoms with Crippen LogP contribution >= 0.6 is 11.6 Å². The Kier molecular flexibility index (Phi) is 5.52. The van der Waals surface area contributed by atoms with Crippen LogP contribution in [0.15, 0.2) is 23.4 Å². The Morgan fingerprint density at radius 1 is 1.42 bits per heavy atom. The van der Waals surface area contributed by atoms with Crippen molar-refractivity contribution >= 4 is 27.7 Å². The van der Waals surface area contributed by atoms with Crippen molar-refractivity contribution in [2.75, 3.05) is 27.2 Å². The zero-order chi connectivity index (χ0) is 14.5. The van der Waals surface area contributed by atoms with Crippen LogP contribution in [0.25, 0.3) is 0 Å². The van der Waals surface area contributed by atoms with Gasteiger partial charge in [0.25, 0.3) is 0 Å². The lowest BCUT2D eigenvalue weighted by atomic mass is 10.5. The van der Waals surface area contributed by atoms with Gasteiger partial charge < -0.3 is 10.2 Å². The van der Waals surface area contributed by atoms with Gasteiger partial charge in [-0.3, -0.25) is 4.98 Å². The summed E-state index contributed by atoms with van der Waals surface area (Å²) in [5.41, 5.74) is 0. The first-order valence-corrected chi connectivity index (χ1v) is 7.25. The summed E-state index contributed by atoms with van der Waals surface area (Å²) in [5, 5.41) is 2.63. The third-order valence-corrected chi connectivity index (χ3v) is 4.05. The van der Waals surface area contributed by atoms with Crippen LogP contribution in [0.3, 0.4) is 0 Å². The molecule has 0 atom stereocenters. The van der Waals surface area contributed by atoms with Crippen molar-refractivity contribution in [1.29, 1.82) is 0 Å². The third kappa shape index (κ3) is 4.66. The Bertz CT molecular complexity index is 547. The SMILES string of the molecule is CN(C)C(=O)NCCNS(=O)(=O)c1cnccc1Cl. The minimum Gasteiger partial charge on any atom is -0.337 e. The number of urea groups is 1. The van der Waals surface area contributed by atoms with Crippen LogP contribution in [0.4, 0.5) is 4.79 Å². The Morgan fingerprint density at radius 2 is 2.11 bits per heavy atom. The highest BCUT2D eigenvalue weighted by Crippen LogP contribution is 2.18. The van der Waals surface area contributed by atoms with Crippen molar-refractivity contribution in [3.63, 3.8) is 0 Å². The highest BCUT2D eigenvalue weighted by atomic mass is 35.5. The molecular weight excluding hydrogens is 292 g/mol. The Morgan fingerprint density at radius 3 is 2.68 bits per heavy atom. The fourth-order valence-corrected chi connectivity index (χ4v) is 2.61. The largest absolute Gasteiger partial charge is 0.337 e. The number of hydrogen-bond acceptors (Lipinski definition) is 4. The van der Waals surface area contributed by atoms with E-state index in [9.17, 15) is 13.2 Å². The Hall–Kier alpha value is -1.38.